The fraction of sp³-hybridized carbons (Fsp3) is 0.647. The molecular weight excluding hydrogens is 272 g/mol. The van der Waals surface area contributed by atoms with Crippen LogP contribution in [0.3, 0.4) is 0 Å². The molecule has 2 nitrogen and oxygen atoms in total. The summed E-state index contributed by atoms with van der Waals surface area (Å²) >= 11 is 0. The van der Waals surface area contributed by atoms with Crippen LogP contribution in [0.5, 0.6) is 0 Å². The van der Waals surface area contributed by atoms with Crippen LogP contribution in [-0.2, 0) is 6.54 Å². The quantitative estimate of drug-likeness (QED) is 0.923. The normalized spacial score (nSPS) is 30.7. The molecular formula is C17H23F2NO. The van der Waals surface area contributed by atoms with Crippen LogP contribution in [0, 0.1) is 17.6 Å². The van der Waals surface area contributed by atoms with Gasteiger partial charge in [-0.2, -0.15) is 0 Å². The summed E-state index contributed by atoms with van der Waals surface area (Å²) in [4.78, 5) is 2.27. The predicted molar refractivity (Wildman–Crippen MR) is 77.8 cm³/mol. The summed E-state index contributed by atoms with van der Waals surface area (Å²) in [6.45, 7) is 1.45. The van der Waals surface area contributed by atoms with Gasteiger partial charge in [-0.25, -0.2) is 8.78 Å². The van der Waals surface area contributed by atoms with Crippen LogP contribution in [0.15, 0.2) is 18.2 Å². The van der Waals surface area contributed by atoms with Gasteiger partial charge < -0.3 is 5.11 Å². The highest BCUT2D eigenvalue weighted by Gasteiger charge is 2.36. The van der Waals surface area contributed by atoms with Gasteiger partial charge in [0.15, 0.2) is 0 Å². The fourth-order valence-corrected chi connectivity index (χ4v) is 3.99. The minimum atomic E-state index is -0.531. The van der Waals surface area contributed by atoms with Gasteiger partial charge >= 0.3 is 0 Å². The Morgan fingerprint density at radius 3 is 2.67 bits per heavy atom. The van der Waals surface area contributed by atoms with Gasteiger partial charge in [0.05, 0.1) is 6.10 Å². The largest absolute Gasteiger partial charge is 0.393 e. The van der Waals surface area contributed by atoms with Crippen LogP contribution in [-0.4, -0.2) is 28.7 Å². The zero-order chi connectivity index (χ0) is 14.8. The van der Waals surface area contributed by atoms with Crippen molar-refractivity contribution in [2.75, 3.05) is 6.54 Å². The SMILES string of the molecule is OC1CCCCC1C1CCCN1Cc1ccc(F)cc1F. The van der Waals surface area contributed by atoms with Crippen molar-refractivity contribution in [3.8, 4) is 0 Å². The number of rotatable bonds is 3. The lowest BCUT2D eigenvalue weighted by Gasteiger charge is -2.37. The molecule has 1 heterocycles. The first-order chi connectivity index (χ1) is 10.1. The van der Waals surface area contributed by atoms with Crippen molar-refractivity contribution in [2.24, 2.45) is 5.92 Å². The van der Waals surface area contributed by atoms with Crippen molar-refractivity contribution >= 4 is 0 Å². The third-order valence-corrected chi connectivity index (χ3v) is 5.08. The van der Waals surface area contributed by atoms with E-state index >= 15 is 0 Å². The molecule has 0 bridgehead atoms. The Kier molecular flexibility index (Phi) is 4.55. The van der Waals surface area contributed by atoms with Crippen LogP contribution >= 0.6 is 0 Å². The second-order valence-corrected chi connectivity index (χ2v) is 6.43. The monoisotopic (exact) mass is 295 g/mol. The van der Waals surface area contributed by atoms with Gasteiger partial charge in [-0.1, -0.05) is 18.9 Å². The minimum Gasteiger partial charge on any atom is -0.393 e. The zero-order valence-corrected chi connectivity index (χ0v) is 12.3. The molecule has 3 rings (SSSR count). The maximum Gasteiger partial charge on any atom is 0.130 e. The third kappa shape index (κ3) is 3.27. The van der Waals surface area contributed by atoms with Gasteiger partial charge in [-0.3, -0.25) is 4.90 Å². The highest BCUT2D eigenvalue weighted by molar-refractivity contribution is 5.18. The highest BCUT2D eigenvalue weighted by atomic mass is 19.1. The molecule has 1 aliphatic heterocycles. The molecule has 4 heteroatoms. The first kappa shape index (κ1) is 14.9. The predicted octanol–water partition coefficient (Wildman–Crippen LogP) is 3.48. The van der Waals surface area contributed by atoms with E-state index in [0.717, 1.165) is 44.7 Å². The zero-order valence-electron chi connectivity index (χ0n) is 12.3. The van der Waals surface area contributed by atoms with Crippen molar-refractivity contribution in [2.45, 2.75) is 57.2 Å². The lowest BCUT2D eigenvalue weighted by atomic mass is 9.80. The molecule has 0 amide bonds. The summed E-state index contributed by atoms with van der Waals surface area (Å²) in [7, 11) is 0. The smallest absolute Gasteiger partial charge is 0.130 e. The fourth-order valence-electron chi connectivity index (χ4n) is 3.99. The Hall–Kier alpha value is -1.00. The standard InChI is InChI=1S/C17H23F2NO/c18-13-8-7-12(15(19)10-13)11-20-9-3-5-16(20)14-4-1-2-6-17(14)21/h7-8,10,14,16-17,21H,1-6,9,11H2. The molecule has 3 unspecified atom stereocenters. The molecule has 0 radical (unpaired) electrons. The Bertz CT molecular complexity index is 494. The van der Waals surface area contributed by atoms with E-state index in [4.69, 9.17) is 0 Å². The molecule has 1 N–H and O–H groups in total. The van der Waals surface area contributed by atoms with E-state index in [2.05, 4.69) is 4.90 Å². The third-order valence-electron chi connectivity index (χ3n) is 5.08. The van der Waals surface area contributed by atoms with Crippen LogP contribution in [0.4, 0.5) is 8.78 Å². The van der Waals surface area contributed by atoms with Gasteiger partial charge in [-0.15, -0.1) is 0 Å². The number of hydrogen-bond acceptors (Lipinski definition) is 2. The van der Waals surface area contributed by atoms with Gasteiger partial charge in [-0.05, 0) is 38.3 Å². The molecule has 1 saturated heterocycles. The van der Waals surface area contributed by atoms with Gasteiger partial charge in [0.1, 0.15) is 11.6 Å². The summed E-state index contributed by atoms with van der Waals surface area (Å²) in [5.74, 6) is -0.688. The minimum absolute atomic E-state index is 0.220. The van der Waals surface area contributed by atoms with E-state index < -0.39 is 11.6 Å². The number of nitrogens with zero attached hydrogens (tertiary/aromatic N) is 1. The van der Waals surface area contributed by atoms with E-state index in [1.807, 2.05) is 0 Å². The Morgan fingerprint density at radius 1 is 1.10 bits per heavy atom. The van der Waals surface area contributed by atoms with Crippen molar-refractivity contribution in [1.29, 1.82) is 0 Å². The van der Waals surface area contributed by atoms with Crippen molar-refractivity contribution in [3.63, 3.8) is 0 Å². The second-order valence-electron chi connectivity index (χ2n) is 6.43. The molecule has 1 aromatic carbocycles. The van der Waals surface area contributed by atoms with Gasteiger partial charge in [0, 0.05) is 30.1 Å². The Morgan fingerprint density at radius 2 is 1.90 bits per heavy atom. The van der Waals surface area contributed by atoms with E-state index in [-0.39, 0.29) is 6.10 Å². The molecule has 1 aliphatic carbocycles. The average molecular weight is 295 g/mol. The number of aliphatic hydroxyl groups excluding tert-OH is 1. The van der Waals surface area contributed by atoms with Crippen LogP contribution in [0.25, 0.3) is 0 Å². The van der Waals surface area contributed by atoms with Crippen molar-refractivity contribution < 1.29 is 13.9 Å². The first-order valence-corrected chi connectivity index (χ1v) is 8.01. The highest BCUT2D eigenvalue weighted by Crippen LogP contribution is 2.35. The molecule has 116 valence electrons. The molecule has 1 aromatic rings. The van der Waals surface area contributed by atoms with Gasteiger partial charge in [0.25, 0.3) is 0 Å². The molecule has 0 aromatic heterocycles. The topological polar surface area (TPSA) is 23.5 Å². The summed E-state index contributed by atoms with van der Waals surface area (Å²) in [6, 6.07) is 4.15. The lowest BCUT2D eigenvalue weighted by Crippen LogP contribution is -2.42. The van der Waals surface area contributed by atoms with E-state index in [9.17, 15) is 13.9 Å². The maximum atomic E-state index is 13.8. The Balaban J connectivity index is 1.71. The number of hydrogen-bond donors (Lipinski definition) is 1. The average Bonchev–Trinajstić information content (AvgIpc) is 2.90. The second kappa shape index (κ2) is 6.41. The van der Waals surface area contributed by atoms with Crippen molar-refractivity contribution in [1.82, 2.24) is 4.90 Å². The molecule has 2 fully saturated rings. The summed E-state index contributed by atoms with van der Waals surface area (Å²) < 4.78 is 26.8. The van der Waals surface area contributed by atoms with Crippen molar-refractivity contribution in [3.05, 3.63) is 35.4 Å². The summed E-state index contributed by atoms with van der Waals surface area (Å²) in [5.41, 5.74) is 0.550. The molecule has 1 saturated carbocycles. The summed E-state index contributed by atoms with van der Waals surface area (Å²) in [6.07, 6.45) is 6.19. The summed E-state index contributed by atoms with van der Waals surface area (Å²) in [5, 5.41) is 10.3. The van der Waals surface area contributed by atoms with Gasteiger partial charge in [0.2, 0.25) is 0 Å². The van der Waals surface area contributed by atoms with E-state index in [0.29, 0.717) is 24.1 Å². The maximum absolute atomic E-state index is 13.8. The van der Waals surface area contributed by atoms with E-state index in [1.54, 1.807) is 0 Å². The first-order valence-electron chi connectivity index (χ1n) is 8.01. The number of halogens is 2. The molecule has 3 atom stereocenters. The van der Waals surface area contributed by atoms with Crippen LogP contribution in [0.1, 0.15) is 44.1 Å². The molecule has 21 heavy (non-hydrogen) atoms. The van der Waals surface area contributed by atoms with Crippen LogP contribution in [0.2, 0.25) is 0 Å². The lowest BCUT2D eigenvalue weighted by molar-refractivity contribution is 0.0199. The van der Waals surface area contributed by atoms with E-state index in [1.165, 1.54) is 18.6 Å². The number of benzene rings is 1. The van der Waals surface area contributed by atoms with Crippen LogP contribution < -0.4 is 0 Å². The molecule has 2 aliphatic rings. The Labute approximate surface area is 124 Å². The number of aliphatic hydroxyl groups is 1. The number of likely N-dealkylation sites (tertiary alicyclic amines) is 1. The molecule has 0 spiro atoms.